The van der Waals surface area contributed by atoms with Crippen LogP contribution in [0.15, 0.2) is 12.2 Å². The first-order valence-corrected chi connectivity index (χ1v) is 8.79. The lowest BCUT2D eigenvalue weighted by molar-refractivity contribution is -0.186. The van der Waals surface area contributed by atoms with Crippen molar-refractivity contribution in [2.24, 2.45) is 28.1 Å². The Hall–Kier alpha value is -1.16. The van der Waals surface area contributed by atoms with Gasteiger partial charge >= 0.3 is 5.97 Å². The summed E-state index contributed by atoms with van der Waals surface area (Å²) >= 11 is 0. The van der Waals surface area contributed by atoms with E-state index in [1.165, 1.54) is 0 Å². The molecule has 3 fully saturated rings. The molecule has 0 amide bonds. The first-order chi connectivity index (χ1) is 10.7. The van der Waals surface area contributed by atoms with Gasteiger partial charge in [0.15, 0.2) is 5.78 Å². The topological polar surface area (TPSA) is 74.6 Å². The number of aliphatic hydroxyl groups excluding tert-OH is 1. The predicted molar refractivity (Wildman–Crippen MR) is 86.8 cm³/mol. The number of hydrogen-bond donors (Lipinski definition) is 2. The molecule has 0 bridgehead atoms. The molecule has 0 heterocycles. The minimum Gasteiger partial charge on any atom is -0.481 e. The molecule has 3 saturated carbocycles. The summed E-state index contributed by atoms with van der Waals surface area (Å²) in [4.78, 5) is 24.8. The van der Waals surface area contributed by atoms with E-state index in [9.17, 15) is 19.8 Å². The number of carboxylic acids is 1. The summed E-state index contributed by atoms with van der Waals surface area (Å²) in [6.45, 7) is 7.83. The zero-order valence-electron chi connectivity index (χ0n) is 14.2. The molecule has 3 rings (SSSR count). The molecule has 0 radical (unpaired) electrons. The molecule has 128 valence electrons. The third-order valence-electron chi connectivity index (χ3n) is 7.60. The largest absolute Gasteiger partial charge is 0.481 e. The third-order valence-corrected chi connectivity index (χ3v) is 7.60. The van der Waals surface area contributed by atoms with Crippen LogP contribution >= 0.6 is 0 Å². The SMILES string of the molecule is C=C1CC[C@@H]2C(CO)(CC[C@@H]3C(C)(C(=O)O)CCCC32C)C1=O. The van der Waals surface area contributed by atoms with E-state index in [2.05, 4.69) is 13.5 Å². The van der Waals surface area contributed by atoms with Crippen LogP contribution in [0.1, 0.15) is 58.8 Å². The van der Waals surface area contributed by atoms with Crippen LogP contribution in [0.3, 0.4) is 0 Å². The molecule has 23 heavy (non-hydrogen) atoms. The van der Waals surface area contributed by atoms with Crippen LogP contribution in [0.5, 0.6) is 0 Å². The smallest absolute Gasteiger partial charge is 0.309 e. The zero-order chi connectivity index (χ0) is 17.0. The van der Waals surface area contributed by atoms with E-state index in [1.54, 1.807) is 0 Å². The minimum atomic E-state index is -0.725. The van der Waals surface area contributed by atoms with Gasteiger partial charge in [-0.1, -0.05) is 19.9 Å². The number of ketones is 1. The first-order valence-electron chi connectivity index (χ1n) is 8.79. The van der Waals surface area contributed by atoms with Crippen LogP contribution in [-0.2, 0) is 9.59 Å². The normalized spacial score (nSPS) is 46.9. The summed E-state index contributed by atoms with van der Waals surface area (Å²) in [5.41, 5.74) is -0.999. The van der Waals surface area contributed by atoms with Crippen molar-refractivity contribution in [2.75, 3.05) is 6.61 Å². The van der Waals surface area contributed by atoms with Crippen LogP contribution in [-0.4, -0.2) is 28.6 Å². The Kier molecular flexibility index (Phi) is 3.75. The average molecular weight is 320 g/mol. The number of carboxylic acid groups (broad SMARTS) is 1. The highest BCUT2D eigenvalue weighted by Gasteiger charge is 2.65. The molecule has 3 unspecified atom stereocenters. The molecule has 0 saturated heterocycles. The molecule has 5 atom stereocenters. The molecular formula is C19H28O4. The second kappa shape index (κ2) is 5.17. The summed E-state index contributed by atoms with van der Waals surface area (Å²) in [5, 5.41) is 20.0. The van der Waals surface area contributed by atoms with E-state index >= 15 is 0 Å². The maximum absolute atomic E-state index is 12.8. The van der Waals surface area contributed by atoms with Gasteiger partial charge in [-0.2, -0.15) is 0 Å². The van der Waals surface area contributed by atoms with Gasteiger partial charge in [-0.3, -0.25) is 9.59 Å². The van der Waals surface area contributed by atoms with Crippen LogP contribution in [0.2, 0.25) is 0 Å². The highest BCUT2D eigenvalue weighted by atomic mass is 16.4. The van der Waals surface area contributed by atoms with Crippen molar-refractivity contribution >= 4 is 11.8 Å². The number of rotatable bonds is 2. The van der Waals surface area contributed by atoms with Gasteiger partial charge in [0, 0.05) is 0 Å². The molecule has 2 N–H and O–H groups in total. The molecule has 4 heteroatoms. The van der Waals surface area contributed by atoms with E-state index in [4.69, 9.17) is 0 Å². The fraction of sp³-hybridized carbons (Fsp3) is 0.789. The van der Waals surface area contributed by atoms with Crippen molar-refractivity contribution in [2.45, 2.75) is 58.8 Å². The fourth-order valence-electron chi connectivity index (χ4n) is 6.36. The average Bonchev–Trinajstić information content (AvgIpc) is 2.50. The van der Waals surface area contributed by atoms with E-state index in [0.717, 1.165) is 19.3 Å². The van der Waals surface area contributed by atoms with Crippen molar-refractivity contribution in [1.29, 1.82) is 0 Å². The lowest BCUT2D eigenvalue weighted by Gasteiger charge is -2.63. The molecule has 0 aliphatic heterocycles. The minimum absolute atomic E-state index is 0.0264. The predicted octanol–water partition coefficient (Wildman–Crippen LogP) is 3.19. The highest BCUT2D eigenvalue weighted by molar-refractivity contribution is 6.00. The maximum Gasteiger partial charge on any atom is 0.309 e. The van der Waals surface area contributed by atoms with Crippen molar-refractivity contribution in [1.82, 2.24) is 0 Å². The summed E-state index contributed by atoms with van der Waals surface area (Å²) in [6.07, 6.45) is 5.35. The number of fused-ring (bicyclic) bond motifs is 3. The monoisotopic (exact) mass is 320 g/mol. The molecule has 0 aromatic heterocycles. The molecule has 0 aromatic carbocycles. The number of Topliss-reactive ketones (excluding diaryl/α,β-unsaturated/α-hetero) is 1. The standard InChI is InChI=1S/C19H28O4/c1-12-5-6-14-17(2)8-4-9-18(3,16(22)23)13(17)7-10-19(14,11-20)15(12)21/h13-14,20H,1,4-11H2,2-3H3,(H,22,23)/t13-,14-,17?,18?,19?/m0/s1. The zero-order valence-corrected chi connectivity index (χ0v) is 14.2. The van der Waals surface area contributed by atoms with Crippen LogP contribution in [0.25, 0.3) is 0 Å². The second-order valence-corrected chi connectivity index (χ2v) is 8.51. The first kappa shape index (κ1) is 16.7. The molecule has 3 aliphatic carbocycles. The summed E-state index contributed by atoms with van der Waals surface area (Å²) in [5.74, 6) is -0.546. The van der Waals surface area contributed by atoms with Crippen LogP contribution in [0.4, 0.5) is 0 Å². The lowest BCUT2D eigenvalue weighted by Crippen LogP contribution is -2.62. The summed E-state index contributed by atoms with van der Waals surface area (Å²) in [6, 6.07) is 0. The van der Waals surface area contributed by atoms with Crippen molar-refractivity contribution in [3.63, 3.8) is 0 Å². The summed E-state index contributed by atoms with van der Waals surface area (Å²) < 4.78 is 0. The number of aliphatic hydroxyl groups is 1. The summed E-state index contributed by atoms with van der Waals surface area (Å²) in [7, 11) is 0. The second-order valence-electron chi connectivity index (χ2n) is 8.51. The maximum atomic E-state index is 12.8. The van der Waals surface area contributed by atoms with Crippen LogP contribution in [0, 0.1) is 28.1 Å². The quantitative estimate of drug-likeness (QED) is 0.766. The van der Waals surface area contributed by atoms with Crippen molar-refractivity contribution < 1.29 is 19.8 Å². The molecule has 0 aromatic rings. The number of hydrogen-bond acceptors (Lipinski definition) is 3. The Morgan fingerprint density at radius 2 is 1.91 bits per heavy atom. The molecule has 0 spiro atoms. The van der Waals surface area contributed by atoms with E-state index in [0.29, 0.717) is 31.3 Å². The van der Waals surface area contributed by atoms with Gasteiger partial charge in [-0.25, -0.2) is 0 Å². The number of aliphatic carboxylic acids is 1. The van der Waals surface area contributed by atoms with Gasteiger partial charge in [0.1, 0.15) is 0 Å². The Morgan fingerprint density at radius 3 is 2.52 bits per heavy atom. The molecular weight excluding hydrogens is 292 g/mol. The molecule has 4 nitrogen and oxygen atoms in total. The number of allylic oxidation sites excluding steroid dienone is 1. The Bertz CT molecular complexity index is 568. The number of carbonyl (C=O) groups is 2. The van der Waals surface area contributed by atoms with Gasteiger partial charge in [0.25, 0.3) is 0 Å². The van der Waals surface area contributed by atoms with E-state index in [-0.39, 0.29) is 29.6 Å². The van der Waals surface area contributed by atoms with Gasteiger partial charge < -0.3 is 10.2 Å². The Labute approximate surface area is 138 Å². The Balaban J connectivity index is 2.07. The fourth-order valence-corrected chi connectivity index (χ4v) is 6.36. The van der Waals surface area contributed by atoms with Crippen molar-refractivity contribution in [3.05, 3.63) is 12.2 Å². The van der Waals surface area contributed by atoms with Gasteiger partial charge in [0.05, 0.1) is 17.4 Å². The number of carbonyl (C=O) groups excluding carboxylic acids is 1. The Morgan fingerprint density at radius 1 is 1.22 bits per heavy atom. The van der Waals surface area contributed by atoms with E-state index in [1.807, 2.05) is 6.92 Å². The van der Waals surface area contributed by atoms with Gasteiger partial charge in [-0.15, -0.1) is 0 Å². The van der Waals surface area contributed by atoms with Gasteiger partial charge in [-0.05, 0) is 68.3 Å². The third kappa shape index (κ3) is 2.00. The van der Waals surface area contributed by atoms with Crippen LogP contribution < -0.4 is 0 Å². The van der Waals surface area contributed by atoms with Crippen molar-refractivity contribution in [3.8, 4) is 0 Å². The highest BCUT2D eigenvalue weighted by Crippen LogP contribution is 2.67. The lowest BCUT2D eigenvalue weighted by atomic mass is 9.40. The van der Waals surface area contributed by atoms with Gasteiger partial charge in [0.2, 0.25) is 0 Å². The molecule has 3 aliphatic rings. The van der Waals surface area contributed by atoms with E-state index < -0.39 is 16.8 Å².